The largest absolute Gasteiger partial charge is 0.309 e. The first-order valence-electron chi connectivity index (χ1n) is 19.9. The van der Waals surface area contributed by atoms with Crippen LogP contribution in [0.1, 0.15) is 0 Å². The molecule has 59 heavy (non-hydrogen) atoms. The monoisotopic (exact) mass is 742 g/mol. The summed E-state index contributed by atoms with van der Waals surface area (Å²) in [7, 11) is 21.9. The molecule has 6 radical (unpaired) electrons. The molecule has 0 saturated heterocycles. The summed E-state index contributed by atoms with van der Waals surface area (Å²) in [5, 5.41) is 4.16. The van der Waals surface area contributed by atoms with Crippen LogP contribution in [0.25, 0.3) is 99.5 Å². The van der Waals surface area contributed by atoms with Gasteiger partial charge in [0.25, 0.3) is 0 Å². The van der Waals surface area contributed by atoms with Crippen molar-refractivity contribution in [1.82, 2.24) is 9.13 Å². The number of aromatic nitrogens is 2. The Morgan fingerprint density at radius 1 is 0.305 bits per heavy atom. The molecule has 2 aromatic heterocycles. The molecule has 0 aliphatic rings. The Hall–Kier alpha value is -7.23. The molecule has 0 saturated carbocycles. The number of fused-ring (bicyclic) bond motifs is 6. The fourth-order valence-corrected chi connectivity index (χ4v) is 9.09. The zero-order chi connectivity index (χ0) is 39.6. The Kier molecular flexibility index (Phi) is 8.30. The predicted molar refractivity (Wildman–Crippen MR) is 253 cm³/mol. The van der Waals surface area contributed by atoms with Crippen molar-refractivity contribution in [2.75, 3.05) is 0 Å². The summed E-state index contributed by atoms with van der Waals surface area (Å²) in [6.07, 6.45) is 0. The zero-order valence-corrected chi connectivity index (χ0v) is 32.2. The van der Waals surface area contributed by atoms with Gasteiger partial charge in [-0.3, -0.25) is 0 Å². The summed E-state index contributed by atoms with van der Waals surface area (Å²) >= 11 is 0. The van der Waals surface area contributed by atoms with Crippen LogP contribution in [0.3, 0.4) is 0 Å². The maximum Gasteiger partial charge on any atom is 0.115 e. The number of benzene rings is 9. The second-order valence-corrected chi connectivity index (χ2v) is 15.2. The van der Waals surface area contributed by atoms with Crippen LogP contribution in [0, 0.1) is 0 Å². The minimum absolute atomic E-state index is 0.460. The molecule has 0 unspecified atom stereocenters. The van der Waals surface area contributed by atoms with E-state index in [0.717, 1.165) is 88.4 Å². The minimum Gasteiger partial charge on any atom is -0.309 e. The average molecular weight is 742 g/mol. The van der Waals surface area contributed by atoms with Gasteiger partial charge in [0.15, 0.2) is 0 Å². The first kappa shape index (κ1) is 35.0. The first-order valence-corrected chi connectivity index (χ1v) is 19.9. The third-order valence-electron chi connectivity index (χ3n) is 11.9. The lowest BCUT2D eigenvalue weighted by Gasteiger charge is -2.19. The van der Waals surface area contributed by atoms with Crippen LogP contribution in [0.4, 0.5) is 0 Å². The molecule has 0 atom stereocenters. The number of hydrogen-bond acceptors (Lipinski definition) is 0. The van der Waals surface area contributed by atoms with Crippen LogP contribution in [0.2, 0.25) is 0 Å². The Morgan fingerprint density at radius 2 is 0.814 bits per heavy atom. The Morgan fingerprint density at radius 3 is 1.49 bits per heavy atom. The van der Waals surface area contributed by atoms with Crippen molar-refractivity contribution in [3.05, 3.63) is 200 Å². The molecule has 9 aromatic carbocycles. The van der Waals surface area contributed by atoms with E-state index in [1.165, 1.54) is 11.1 Å². The van der Waals surface area contributed by atoms with Crippen LogP contribution in [-0.4, -0.2) is 32.7 Å². The number of nitrogens with zero attached hydrogens (tertiary/aromatic N) is 2. The summed E-state index contributed by atoms with van der Waals surface area (Å²) in [5.41, 5.74) is 16.2. The smallest absolute Gasteiger partial charge is 0.115 e. The lowest BCUT2D eigenvalue weighted by molar-refractivity contribution is 1.18. The molecule has 11 rings (SSSR count). The van der Waals surface area contributed by atoms with E-state index in [4.69, 9.17) is 23.5 Å². The Balaban J connectivity index is 1.12. The maximum atomic E-state index is 7.42. The van der Waals surface area contributed by atoms with E-state index in [2.05, 4.69) is 191 Å². The van der Waals surface area contributed by atoms with E-state index in [9.17, 15) is 0 Å². The van der Waals surface area contributed by atoms with Crippen molar-refractivity contribution >= 4 is 83.5 Å². The SMILES string of the molecule is [B]c1c(-c2ccc3c(c2)c2ccccc2n3-c2ccccc2)c([B])c2c3cccc(-c4ccccc4)c3n(-c3ccc(-c4ccc(-c5ccccc5)cc4)cc3)c2c1[B]. The van der Waals surface area contributed by atoms with Gasteiger partial charge in [-0.2, -0.15) is 0 Å². The Bertz CT molecular complexity index is 3370. The lowest BCUT2D eigenvalue weighted by Crippen LogP contribution is -2.35. The van der Waals surface area contributed by atoms with Crippen LogP contribution >= 0.6 is 0 Å². The third kappa shape index (κ3) is 5.61. The van der Waals surface area contributed by atoms with Gasteiger partial charge in [-0.25, -0.2) is 0 Å². The van der Waals surface area contributed by atoms with E-state index >= 15 is 0 Å². The molecule has 0 amide bonds. The van der Waals surface area contributed by atoms with E-state index in [1.54, 1.807) is 0 Å². The summed E-state index contributed by atoms with van der Waals surface area (Å²) < 4.78 is 4.56. The van der Waals surface area contributed by atoms with Crippen LogP contribution < -0.4 is 16.4 Å². The fraction of sp³-hybridized carbons (Fsp3) is 0. The molecule has 0 fully saturated rings. The summed E-state index contributed by atoms with van der Waals surface area (Å²) in [4.78, 5) is 0. The van der Waals surface area contributed by atoms with E-state index in [0.29, 0.717) is 16.4 Å². The molecule has 2 nitrogen and oxygen atoms in total. The highest BCUT2D eigenvalue weighted by Crippen LogP contribution is 2.39. The quantitative estimate of drug-likeness (QED) is 0.150. The van der Waals surface area contributed by atoms with E-state index in [-0.39, 0.29) is 0 Å². The predicted octanol–water partition coefficient (Wildman–Crippen LogP) is 10.9. The number of rotatable bonds is 6. The van der Waals surface area contributed by atoms with E-state index in [1.807, 2.05) is 18.2 Å². The second-order valence-electron chi connectivity index (χ2n) is 15.2. The minimum atomic E-state index is 0.460. The van der Waals surface area contributed by atoms with Gasteiger partial charge in [-0.05, 0) is 81.4 Å². The third-order valence-corrected chi connectivity index (χ3v) is 11.9. The molecule has 268 valence electrons. The second kappa shape index (κ2) is 14.0. The van der Waals surface area contributed by atoms with Gasteiger partial charge >= 0.3 is 0 Å². The normalized spacial score (nSPS) is 11.6. The van der Waals surface area contributed by atoms with Crippen molar-refractivity contribution < 1.29 is 0 Å². The van der Waals surface area contributed by atoms with Gasteiger partial charge in [-0.1, -0.05) is 174 Å². The molecular weight excluding hydrogens is 709 g/mol. The van der Waals surface area contributed by atoms with Gasteiger partial charge in [0.1, 0.15) is 23.5 Å². The van der Waals surface area contributed by atoms with Gasteiger partial charge in [-0.15, -0.1) is 0 Å². The van der Waals surface area contributed by atoms with Crippen molar-refractivity contribution in [3.63, 3.8) is 0 Å². The number of hydrogen-bond donors (Lipinski definition) is 0. The summed E-state index contributed by atoms with van der Waals surface area (Å²) in [6.45, 7) is 0. The maximum absolute atomic E-state index is 7.42. The van der Waals surface area contributed by atoms with E-state index < -0.39 is 0 Å². The molecule has 0 spiro atoms. The lowest BCUT2D eigenvalue weighted by atomic mass is 9.69. The topological polar surface area (TPSA) is 9.86 Å². The first-order chi connectivity index (χ1) is 29.0. The molecule has 5 heteroatoms. The van der Waals surface area contributed by atoms with Crippen LogP contribution in [0.5, 0.6) is 0 Å². The van der Waals surface area contributed by atoms with Crippen LogP contribution in [0.15, 0.2) is 200 Å². The van der Waals surface area contributed by atoms with Gasteiger partial charge < -0.3 is 9.13 Å². The molecular formula is C54H33B3N2. The zero-order valence-electron chi connectivity index (χ0n) is 32.2. The molecule has 0 bridgehead atoms. The van der Waals surface area contributed by atoms with Crippen LogP contribution in [-0.2, 0) is 0 Å². The number of para-hydroxylation sites is 3. The standard InChI is InChI=1S/C54H33B3N2/c55-50-48(39-29-32-47-45(33-39)43-19-10-11-22-46(43)58(47)40-17-8-3-9-18-40)51(56)52(57)54-49(50)44-21-12-20-42(38-15-6-2-7-16-38)53(44)59(54)41-30-27-37(28-31-41)36-25-23-35(24-26-36)34-13-4-1-5-14-34/h1-33H. The van der Waals surface area contributed by atoms with Gasteiger partial charge in [0.05, 0.1) is 16.6 Å². The van der Waals surface area contributed by atoms with Crippen molar-refractivity contribution in [1.29, 1.82) is 0 Å². The highest BCUT2D eigenvalue weighted by molar-refractivity contribution is 6.60. The van der Waals surface area contributed by atoms with Gasteiger partial charge in [0, 0.05) is 44.0 Å². The fourth-order valence-electron chi connectivity index (χ4n) is 9.09. The van der Waals surface area contributed by atoms with Gasteiger partial charge in [0.2, 0.25) is 0 Å². The molecule has 0 aliphatic heterocycles. The summed E-state index contributed by atoms with van der Waals surface area (Å²) in [6, 6.07) is 70.2. The Labute approximate surface area is 347 Å². The van der Waals surface area contributed by atoms with Crippen molar-refractivity contribution in [3.8, 4) is 55.9 Å². The summed E-state index contributed by atoms with van der Waals surface area (Å²) in [5.74, 6) is 0. The molecule has 2 heterocycles. The van der Waals surface area contributed by atoms with Crippen molar-refractivity contribution in [2.45, 2.75) is 0 Å². The molecule has 0 N–H and O–H groups in total. The molecule has 11 aromatic rings. The highest BCUT2D eigenvalue weighted by atomic mass is 15.0. The average Bonchev–Trinajstić information content (AvgIpc) is 3.83. The highest BCUT2D eigenvalue weighted by Gasteiger charge is 2.23. The van der Waals surface area contributed by atoms with Crippen molar-refractivity contribution in [2.24, 2.45) is 0 Å². The molecule has 0 aliphatic carbocycles.